The first-order valence-electron chi connectivity index (χ1n) is 4.88. The van der Waals surface area contributed by atoms with Gasteiger partial charge in [0, 0.05) is 12.4 Å². The Morgan fingerprint density at radius 1 is 1.35 bits per heavy atom. The molecule has 0 saturated heterocycles. The lowest BCUT2D eigenvalue weighted by Crippen LogP contribution is -2.15. The van der Waals surface area contributed by atoms with Gasteiger partial charge in [-0.25, -0.2) is 4.98 Å². The fourth-order valence-corrected chi connectivity index (χ4v) is 1.67. The van der Waals surface area contributed by atoms with Crippen LogP contribution in [0.15, 0.2) is 30.6 Å². The number of H-pyrrole nitrogens is 1. The van der Waals surface area contributed by atoms with Gasteiger partial charge >= 0.3 is 0 Å². The summed E-state index contributed by atoms with van der Waals surface area (Å²) in [4.78, 5) is 18.3. The third-order valence-electron chi connectivity index (χ3n) is 2.10. The van der Waals surface area contributed by atoms with E-state index >= 15 is 0 Å². The first-order valence-corrected chi connectivity index (χ1v) is 5.64. The van der Waals surface area contributed by atoms with Crippen LogP contribution < -0.4 is 5.32 Å². The third kappa shape index (κ3) is 3.22. The molecule has 1 aromatic carbocycles. The number of anilines is 1. The summed E-state index contributed by atoms with van der Waals surface area (Å²) in [7, 11) is 0. The largest absolute Gasteiger partial charge is 0.331 e. The number of aromatic nitrogens is 2. The van der Waals surface area contributed by atoms with E-state index in [0.717, 1.165) is 5.56 Å². The first kappa shape index (κ1) is 12.0. The molecule has 1 heterocycles. The van der Waals surface area contributed by atoms with E-state index in [1.165, 1.54) is 0 Å². The van der Waals surface area contributed by atoms with Gasteiger partial charge in [0.15, 0.2) is 0 Å². The van der Waals surface area contributed by atoms with Crippen molar-refractivity contribution in [1.82, 2.24) is 9.97 Å². The fourth-order valence-electron chi connectivity index (χ4n) is 1.34. The molecule has 0 atom stereocenters. The van der Waals surface area contributed by atoms with Crippen molar-refractivity contribution in [3.05, 3.63) is 46.2 Å². The Kier molecular flexibility index (Phi) is 3.66. The van der Waals surface area contributed by atoms with Crippen LogP contribution in [0.5, 0.6) is 0 Å². The molecule has 0 radical (unpaired) electrons. The number of amides is 1. The minimum Gasteiger partial charge on any atom is -0.331 e. The summed E-state index contributed by atoms with van der Waals surface area (Å²) in [6.45, 7) is 0. The van der Waals surface area contributed by atoms with Crippen molar-refractivity contribution in [2.75, 3.05) is 5.32 Å². The molecular formula is C11H9Cl2N3O. The van der Waals surface area contributed by atoms with E-state index < -0.39 is 0 Å². The van der Waals surface area contributed by atoms with E-state index in [9.17, 15) is 4.79 Å². The van der Waals surface area contributed by atoms with E-state index in [2.05, 4.69) is 15.3 Å². The highest BCUT2D eigenvalue weighted by atomic mass is 35.5. The fraction of sp³-hybridized carbons (Fsp3) is 0.0909. The van der Waals surface area contributed by atoms with Crippen molar-refractivity contribution in [1.29, 1.82) is 0 Å². The van der Waals surface area contributed by atoms with E-state index in [4.69, 9.17) is 23.2 Å². The van der Waals surface area contributed by atoms with Gasteiger partial charge in [-0.2, -0.15) is 0 Å². The summed E-state index contributed by atoms with van der Waals surface area (Å²) < 4.78 is 0. The quantitative estimate of drug-likeness (QED) is 0.900. The third-order valence-corrected chi connectivity index (χ3v) is 2.84. The van der Waals surface area contributed by atoms with Crippen LogP contribution in [0.4, 0.5) is 5.95 Å². The molecule has 0 aliphatic rings. The van der Waals surface area contributed by atoms with Crippen LogP contribution in [0.1, 0.15) is 5.56 Å². The molecule has 88 valence electrons. The number of nitrogens with zero attached hydrogens (tertiary/aromatic N) is 1. The van der Waals surface area contributed by atoms with E-state index in [-0.39, 0.29) is 12.3 Å². The highest BCUT2D eigenvalue weighted by molar-refractivity contribution is 6.42. The second kappa shape index (κ2) is 5.21. The molecule has 1 amide bonds. The average Bonchev–Trinajstić information content (AvgIpc) is 2.76. The Hall–Kier alpha value is -1.52. The Morgan fingerprint density at radius 3 is 2.82 bits per heavy atom. The molecule has 2 aromatic rings. The molecule has 4 nitrogen and oxygen atoms in total. The molecule has 2 rings (SSSR count). The van der Waals surface area contributed by atoms with Gasteiger partial charge < -0.3 is 4.98 Å². The Bertz CT molecular complexity index is 526. The van der Waals surface area contributed by atoms with E-state index in [1.807, 2.05) is 0 Å². The number of imidazole rings is 1. The van der Waals surface area contributed by atoms with Crippen LogP contribution >= 0.6 is 23.2 Å². The summed E-state index contributed by atoms with van der Waals surface area (Å²) in [6, 6.07) is 5.10. The second-order valence-corrected chi connectivity index (χ2v) is 4.23. The molecule has 0 aliphatic heterocycles. The molecule has 0 fully saturated rings. The van der Waals surface area contributed by atoms with Crippen molar-refractivity contribution in [2.45, 2.75) is 6.42 Å². The number of hydrogen-bond acceptors (Lipinski definition) is 2. The molecule has 1 aromatic heterocycles. The predicted molar refractivity (Wildman–Crippen MR) is 67.4 cm³/mol. The Morgan fingerprint density at radius 2 is 2.18 bits per heavy atom. The SMILES string of the molecule is O=C(Cc1ccc(Cl)c(Cl)c1)Nc1ncc[nH]1. The van der Waals surface area contributed by atoms with E-state index in [1.54, 1.807) is 30.6 Å². The minimum atomic E-state index is -0.168. The number of halogens is 2. The van der Waals surface area contributed by atoms with Gasteiger partial charge in [-0.05, 0) is 17.7 Å². The lowest BCUT2D eigenvalue weighted by Gasteiger charge is -2.03. The van der Waals surface area contributed by atoms with E-state index in [0.29, 0.717) is 16.0 Å². The monoisotopic (exact) mass is 269 g/mol. The van der Waals surface area contributed by atoms with Gasteiger partial charge in [-0.15, -0.1) is 0 Å². The number of nitrogens with one attached hydrogen (secondary N) is 2. The maximum Gasteiger partial charge on any atom is 0.231 e. The smallest absolute Gasteiger partial charge is 0.231 e. The number of aromatic amines is 1. The summed E-state index contributed by atoms with van der Waals surface area (Å²) in [5.74, 6) is 0.258. The summed E-state index contributed by atoms with van der Waals surface area (Å²) in [6.07, 6.45) is 3.42. The van der Waals surface area contributed by atoms with Gasteiger partial charge in [-0.3, -0.25) is 10.1 Å². The molecule has 6 heteroatoms. The van der Waals surface area contributed by atoms with Gasteiger partial charge in [0.05, 0.1) is 16.5 Å². The maximum atomic E-state index is 11.6. The van der Waals surface area contributed by atoms with Crippen LogP contribution in [-0.4, -0.2) is 15.9 Å². The zero-order chi connectivity index (χ0) is 12.3. The molecule has 0 unspecified atom stereocenters. The summed E-state index contributed by atoms with van der Waals surface area (Å²) in [5, 5.41) is 3.54. The highest BCUT2D eigenvalue weighted by Gasteiger charge is 2.06. The van der Waals surface area contributed by atoms with Crippen LogP contribution in [-0.2, 0) is 11.2 Å². The van der Waals surface area contributed by atoms with Crippen LogP contribution in [0.3, 0.4) is 0 Å². The zero-order valence-corrected chi connectivity index (χ0v) is 10.2. The van der Waals surface area contributed by atoms with Crippen molar-refractivity contribution < 1.29 is 4.79 Å². The number of carbonyl (C=O) groups is 1. The van der Waals surface area contributed by atoms with Crippen molar-refractivity contribution in [3.63, 3.8) is 0 Å². The van der Waals surface area contributed by atoms with Crippen LogP contribution in [0.2, 0.25) is 10.0 Å². The molecule has 0 bridgehead atoms. The van der Waals surface area contributed by atoms with Crippen LogP contribution in [0, 0.1) is 0 Å². The van der Waals surface area contributed by atoms with Crippen LogP contribution in [0.25, 0.3) is 0 Å². The summed E-state index contributed by atoms with van der Waals surface area (Å²) >= 11 is 11.6. The molecule has 17 heavy (non-hydrogen) atoms. The second-order valence-electron chi connectivity index (χ2n) is 3.41. The van der Waals surface area contributed by atoms with Gasteiger partial charge in [-0.1, -0.05) is 29.3 Å². The minimum absolute atomic E-state index is 0.168. The van der Waals surface area contributed by atoms with Gasteiger partial charge in [0.25, 0.3) is 0 Å². The first-order chi connectivity index (χ1) is 8.15. The zero-order valence-electron chi connectivity index (χ0n) is 8.71. The summed E-state index contributed by atoms with van der Waals surface area (Å²) in [5.41, 5.74) is 0.795. The van der Waals surface area contributed by atoms with Gasteiger partial charge in [0.1, 0.15) is 0 Å². The predicted octanol–water partition coefficient (Wildman–Crippen LogP) is 2.90. The molecule has 0 spiro atoms. The van der Waals surface area contributed by atoms with Gasteiger partial charge in [0.2, 0.25) is 11.9 Å². The Labute approximate surface area is 108 Å². The highest BCUT2D eigenvalue weighted by Crippen LogP contribution is 2.22. The standard InChI is InChI=1S/C11H9Cl2N3O/c12-8-2-1-7(5-9(8)13)6-10(17)16-11-14-3-4-15-11/h1-5H,6H2,(H2,14,15,16,17). The Balaban J connectivity index is 2.00. The topological polar surface area (TPSA) is 57.8 Å². The number of rotatable bonds is 3. The molecule has 0 aliphatic carbocycles. The lowest BCUT2D eigenvalue weighted by atomic mass is 10.1. The van der Waals surface area contributed by atoms with Crippen molar-refractivity contribution in [2.24, 2.45) is 0 Å². The number of hydrogen-bond donors (Lipinski definition) is 2. The normalized spacial score (nSPS) is 10.2. The average molecular weight is 270 g/mol. The maximum absolute atomic E-state index is 11.6. The van der Waals surface area contributed by atoms with Crippen molar-refractivity contribution in [3.8, 4) is 0 Å². The molecule has 2 N–H and O–H groups in total. The molecule has 0 saturated carbocycles. The molecular weight excluding hydrogens is 261 g/mol. The van der Waals surface area contributed by atoms with Crippen molar-refractivity contribution >= 4 is 35.1 Å². The number of carbonyl (C=O) groups excluding carboxylic acids is 1. The lowest BCUT2D eigenvalue weighted by molar-refractivity contribution is -0.115. The number of benzene rings is 1.